The number of amides is 2. The lowest BCUT2D eigenvalue weighted by molar-refractivity contribution is -0.140. The summed E-state index contributed by atoms with van der Waals surface area (Å²) in [6, 6.07) is 17.3. The summed E-state index contributed by atoms with van der Waals surface area (Å²) in [4.78, 5) is 29.3. The van der Waals surface area contributed by atoms with Crippen LogP contribution < -0.4 is 23.8 Å². The van der Waals surface area contributed by atoms with E-state index in [4.69, 9.17) is 14.2 Å². The van der Waals surface area contributed by atoms with Crippen LogP contribution in [0.2, 0.25) is 0 Å². The molecule has 3 aromatic rings. The number of aryl methyl sites for hydroxylation is 1. The summed E-state index contributed by atoms with van der Waals surface area (Å²) in [5, 5.41) is 2.98. The van der Waals surface area contributed by atoms with Gasteiger partial charge in [-0.2, -0.15) is 0 Å². The molecule has 0 unspecified atom stereocenters. The topological polar surface area (TPSA) is 114 Å². The number of nitrogens with one attached hydrogen (secondary N) is 1. The van der Waals surface area contributed by atoms with Crippen molar-refractivity contribution in [3.05, 3.63) is 77.9 Å². The third-order valence-corrected chi connectivity index (χ3v) is 9.19. The van der Waals surface area contributed by atoms with Gasteiger partial charge in [0, 0.05) is 18.7 Å². The lowest BCUT2D eigenvalue weighted by Crippen LogP contribution is -2.53. The Hall–Kier alpha value is -4.25. The number of benzene rings is 3. The second-order valence-electron chi connectivity index (χ2n) is 10.5. The first-order chi connectivity index (χ1) is 21.0. The fourth-order valence-electron chi connectivity index (χ4n) is 4.67. The Kier molecular flexibility index (Phi) is 12.0. The molecule has 0 spiro atoms. The van der Waals surface area contributed by atoms with Crippen LogP contribution >= 0.6 is 0 Å². The molecule has 3 rings (SSSR count). The van der Waals surface area contributed by atoms with Crippen molar-refractivity contribution in [2.24, 2.45) is 0 Å². The maximum atomic E-state index is 14.4. The van der Waals surface area contributed by atoms with E-state index in [1.807, 2.05) is 33.8 Å². The van der Waals surface area contributed by atoms with Crippen LogP contribution in [0.1, 0.15) is 44.7 Å². The molecule has 0 radical (unpaired) electrons. The number of hydrogen-bond acceptors (Lipinski definition) is 7. The van der Waals surface area contributed by atoms with Gasteiger partial charge in [-0.05, 0) is 68.7 Å². The first-order valence-electron chi connectivity index (χ1n) is 14.5. The predicted octanol–water partition coefficient (Wildman–Crippen LogP) is 4.94. The van der Waals surface area contributed by atoms with E-state index in [1.165, 1.54) is 37.3 Å². The van der Waals surface area contributed by atoms with Crippen molar-refractivity contribution in [2.45, 2.75) is 64.1 Å². The summed E-state index contributed by atoms with van der Waals surface area (Å²) in [5.41, 5.74) is 1.73. The van der Waals surface area contributed by atoms with E-state index in [1.54, 1.807) is 49.6 Å². The molecule has 0 aliphatic rings. The largest absolute Gasteiger partial charge is 0.497 e. The highest BCUT2D eigenvalue weighted by molar-refractivity contribution is 7.92. The van der Waals surface area contributed by atoms with Gasteiger partial charge in [-0.3, -0.25) is 13.9 Å². The summed E-state index contributed by atoms with van der Waals surface area (Å²) in [6.07, 6.45) is 1.02. The van der Waals surface area contributed by atoms with E-state index >= 15 is 0 Å². The van der Waals surface area contributed by atoms with Crippen molar-refractivity contribution < 1.29 is 32.2 Å². The molecule has 2 amide bonds. The number of methoxy groups -OCH3 is 3. The summed E-state index contributed by atoms with van der Waals surface area (Å²) in [7, 11) is 0.148. The summed E-state index contributed by atoms with van der Waals surface area (Å²) < 4.78 is 45.8. The van der Waals surface area contributed by atoms with Crippen LogP contribution in [-0.2, 0) is 26.2 Å². The van der Waals surface area contributed by atoms with Crippen molar-refractivity contribution >= 4 is 27.5 Å². The molecule has 0 fully saturated rings. The molecule has 11 heteroatoms. The zero-order valence-corrected chi connectivity index (χ0v) is 27.3. The number of sulfonamides is 1. The molecule has 0 saturated heterocycles. The highest BCUT2D eigenvalue weighted by Crippen LogP contribution is 2.36. The zero-order valence-electron chi connectivity index (χ0n) is 26.5. The smallest absolute Gasteiger partial charge is 0.264 e. The van der Waals surface area contributed by atoms with Gasteiger partial charge >= 0.3 is 0 Å². The molecular formula is C33H43N3O7S. The van der Waals surface area contributed by atoms with Gasteiger partial charge in [0.2, 0.25) is 11.8 Å². The summed E-state index contributed by atoms with van der Waals surface area (Å²) in [5.74, 6) is 0.321. The SMILES string of the molecule is CC[C@H](C)NC(=O)[C@H](CC)N(Cc1cccc(OC)c1)C(=O)CN(c1cc(OC)ccc1OC)S(=O)(=O)c1ccc(C)cc1. The third kappa shape index (κ3) is 8.22. The standard InChI is InChI=1S/C33H43N3O7S/c1-8-24(4)34-33(38)29(9-2)35(21-25-11-10-12-26(19-25)41-5)32(37)22-36(30-20-27(42-6)15-18-31(30)43-7)44(39,40)28-16-13-23(3)14-17-28/h10-20,24,29H,8-9,21-22H2,1-7H3,(H,34,38)/t24-,29-/m0/s1. The van der Waals surface area contributed by atoms with Gasteiger partial charge in [-0.25, -0.2) is 8.42 Å². The van der Waals surface area contributed by atoms with Crippen molar-refractivity contribution in [3.8, 4) is 17.2 Å². The molecule has 2 atom stereocenters. The van der Waals surface area contributed by atoms with Gasteiger partial charge in [-0.1, -0.05) is 43.7 Å². The van der Waals surface area contributed by atoms with E-state index in [0.717, 1.165) is 15.4 Å². The fraction of sp³-hybridized carbons (Fsp3) is 0.394. The second kappa shape index (κ2) is 15.5. The van der Waals surface area contributed by atoms with Gasteiger partial charge in [0.05, 0.1) is 31.9 Å². The van der Waals surface area contributed by atoms with Crippen LogP contribution in [0.15, 0.2) is 71.6 Å². The minimum absolute atomic E-state index is 0.00155. The number of ether oxygens (including phenoxy) is 3. The minimum atomic E-state index is -4.29. The number of nitrogens with zero attached hydrogens (tertiary/aromatic N) is 2. The van der Waals surface area contributed by atoms with Crippen LogP contribution in [0, 0.1) is 6.92 Å². The molecule has 0 aliphatic heterocycles. The first-order valence-corrected chi connectivity index (χ1v) is 16.0. The number of anilines is 1. The Morgan fingerprint density at radius 1 is 0.864 bits per heavy atom. The van der Waals surface area contributed by atoms with Crippen molar-refractivity contribution in [1.82, 2.24) is 10.2 Å². The van der Waals surface area contributed by atoms with Crippen molar-refractivity contribution in [3.63, 3.8) is 0 Å². The Bertz CT molecular complexity index is 1530. The number of carbonyl (C=O) groups excluding carboxylic acids is 2. The lowest BCUT2D eigenvalue weighted by atomic mass is 10.1. The van der Waals surface area contributed by atoms with Gasteiger partial charge in [0.1, 0.15) is 29.8 Å². The quantitative estimate of drug-likeness (QED) is 0.255. The number of rotatable bonds is 15. The molecule has 238 valence electrons. The molecule has 0 bridgehead atoms. The molecule has 0 saturated carbocycles. The monoisotopic (exact) mass is 625 g/mol. The second-order valence-corrected chi connectivity index (χ2v) is 12.3. The third-order valence-electron chi connectivity index (χ3n) is 7.42. The van der Waals surface area contributed by atoms with Crippen molar-refractivity contribution in [2.75, 3.05) is 32.2 Å². The Morgan fingerprint density at radius 2 is 1.52 bits per heavy atom. The van der Waals surface area contributed by atoms with Crippen molar-refractivity contribution in [1.29, 1.82) is 0 Å². The highest BCUT2D eigenvalue weighted by Gasteiger charge is 2.35. The molecule has 1 N–H and O–H groups in total. The van der Waals surface area contributed by atoms with Crippen LogP contribution in [0.25, 0.3) is 0 Å². The lowest BCUT2D eigenvalue weighted by Gasteiger charge is -2.34. The first kappa shape index (κ1) is 34.2. The maximum Gasteiger partial charge on any atom is 0.264 e. The van der Waals surface area contributed by atoms with Gasteiger partial charge in [0.25, 0.3) is 10.0 Å². The van der Waals surface area contributed by atoms with Gasteiger partial charge in [-0.15, -0.1) is 0 Å². The fourth-order valence-corrected chi connectivity index (χ4v) is 6.09. The van der Waals surface area contributed by atoms with Gasteiger partial charge in [0.15, 0.2) is 0 Å². The van der Waals surface area contributed by atoms with E-state index in [0.29, 0.717) is 24.3 Å². The van der Waals surface area contributed by atoms with E-state index in [2.05, 4.69) is 5.32 Å². The van der Waals surface area contributed by atoms with Gasteiger partial charge < -0.3 is 24.4 Å². The molecule has 0 aromatic heterocycles. The molecule has 44 heavy (non-hydrogen) atoms. The van der Waals surface area contributed by atoms with Crippen LogP contribution in [0.5, 0.6) is 17.2 Å². The Labute approximate surface area is 261 Å². The summed E-state index contributed by atoms with van der Waals surface area (Å²) >= 11 is 0. The Morgan fingerprint density at radius 3 is 2.11 bits per heavy atom. The molecule has 10 nitrogen and oxygen atoms in total. The Balaban J connectivity index is 2.16. The van der Waals surface area contributed by atoms with Crippen LogP contribution in [-0.4, -0.2) is 65.1 Å². The normalized spacial score (nSPS) is 12.5. The molecule has 0 aliphatic carbocycles. The zero-order chi connectivity index (χ0) is 32.4. The van der Waals surface area contributed by atoms with E-state index in [-0.39, 0.29) is 34.8 Å². The predicted molar refractivity (Wildman–Crippen MR) is 171 cm³/mol. The average Bonchev–Trinajstić information content (AvgIpc) is 3.03. The average molecular weight is 626 g/mol. The van der Waals surface area contributed by atoms with Crippen LogP contribution in [0.4, 0.5) is 5.69 Å². The minimum Gasteiger partial charge on any atom is -0.497 e. The van der Waals surface area contributed by atoms with E-state index < -0.39 is 28.5 Å². The molecular weight excluding hydrogens is 582 g/mol. The molecule has 0 heterocycles. The molecule has 3 aromatic carbocycles. The van der Waals surface area contributed by atoms with Crippen LogP contribution in [0.3, 0.4) is 0 Å². The number of carbonyl (C=O) groups is 2. The number of hydrogen-bond donors (Lipinski definition) is 1. The maximum absolute atomic E-state index is 14.4. The highest BCUT2D eigenvalue weighted by atomic mass is 32.2. The summed E-state index contributed by atoms with van der Waals surface area (Å²) in [6.45, 7) is 6.98. The van der Waals surface area contributed by atoms with E-state index in [9.17, 15) is 18.0 Å².